The number of hydrogen-bond acceptors (Lipinski definition) is 5. The van der Waals surface area contributed by atoms with Gasteiger partial charge in [-0.15, -0.1) is 0 Å². The Kier molecular flexibility index (Phi) is 2.97. The van der Waals surface area contributed by atoms with Crippen molar-refractivity contribution in [3.8, 4) is 23.1 Å². The van der Waals surface area contributed by atoms with Crippen LogP contribution in [0.2, 0.25) is 0 Å². The maximum Gasteiger partial charge on any atom is 0.240 e. The molecule has 0 atom stereocenters. The summed E-state index contributed by atoms with van der Waals surface area (Å²) in [7, 11) is 0. The standard InChI is InChI=1S/C12H11N3O2/c1-2-16-9-5-3-8(4-6-9)11-10(7-13)12(14)17-15-11/h3-6H,2,14H2,1H3. The summed E-state index contributed by atoms with van der Waals surface area (Å²) in [6.45, 7) is 2.53. The number of benzene rings is 1. The van der Waals surface area contributed by atoms with Crippen LogP contribution in [0.1, 0.15) is 12.5 Å². The molecule has 0 saturated heterocycles. The van der Waals surface area contributed by atoms with Gasteiger partial charge in [0, 0.05) is 5.56 Å². The Morgan fingerprint density at radius 3 is 2.71 bits per heavy atom. The van der Waals surface area contributed by atoms with Crippen molar-refractivity contribution in [1.29, 1.82) is 5.26 Å². The maximum absolute atomic E-state index is 8.93. The molecule has 0 unspecified atom stereocenters. The van der Waals surface area contributed by atoms with Gasteiger partial charge in [0.2, 0.25) is 5.88 Å². The molecule has 5 nitrogen and oxygen atoms in total. The van der Waals surface area contributed by atoms with Gasteiger partial charge in [-0.2, -0.15) is 5.26 Å². The van der Waals surface area contributed by atoms with Crippen LogP contribution < -0.4 is 10.5 Å². The van der Waals surface area contributed by atoms with E-state index in [4.69, 9.17) is 20.3 Å². The Hall–Kier alpha value is -2.48. The maximum atomic E-state index is 8.93. The van der Waals surface area contributed by atoms with E-state index in [2.05, 4.69) is 5.16 Å². The first kappa shape index (κ1) is 11.0. The van der Waals surface area contributed by atoms with Crippen molar-refractivity contribution in [2.24, 2.45) is 0 Å². The first-order chi connectivity index (χ1) is 8.26. The Morgan fingerprint density at radius 1 is 1.41 bits per heavy atom. The second kappa shape index (κ2) is 4.58. The van der Waals surface area contributed by atoms with Crippen molar-refractivity contribution in [2.75, 3.05) is 12.3 Å². The van der Waals surface area contributed by atoms with E-state index >= 15 is 0 Å². The lowest BCUT2D eigenvalue weighted by atomic mass is 10.1. The quantitative estimate of drug-likeness (QED) is 0.871. The van der Waals surface area contributed by atoms with Gasteiger partial charge in [-0.25, -0.2) is 0 Å². The van der Waals surface area contributed by atoms with Crippen LogP contribution in [0.3, 0.4) is 0 Å². The highest BCUT2D eigenvalue weighted by Crippen LogP contribution is 2.27. The van der Waals surface area contributed by atoms with E-state index in [1.54, 1.807) is 0 Å². The van der Waals surface area contributed by atoms with Gasteiger partial charge in [-0.05, 0) is 31.2 Å². The Bertz CT molecular complexity index is 552. The molecule has 5 heteroatoms. The molecule has 0 spiro atoms. The SMILES string of the molecule is CCOc1ccc(-c2noc(N)c2C#N)cc1. The third-order valence-corrected chi connectivity index (χ3v) is 2.27. The van der Waals surface area contributed by atoms with Crippen molar-refractivity contribution >= 4 is 5.88 Å². The monoisotopic (exact) mass is 229 g/mol. The second-order valence-electron chi connectivity index (χ2n) is 3.34. The lowest BCUT2D eigenvalue weighted by Crippen LogP contribution is -1.91. The molecule has 0 fully saturated rings. The zero-order valence-corrected chi connectivity index (χ0v) is 9.30. The van der Waals surface area contributed by atoms with Crippen molar-refractivity contribution in [3.05, 3.63) is 29.8 Å². The minimum absolute atomic E-state index is 0.0383. The van der Waals surface area contributed by atoms with Crippen molar-refractivity contribution in [2.45, 2.75) is 6.92 Å². The fraction of sp³-hybridized carbons (Fsp3) is 0.167. The molecule has 1 aromatic heterocycles. The van der Waals surface area contributed by atoms with Gasteiger partial charge in [0.1, 0.15) is 23.1 Å². The summed E-state index contributed by atoms with van der Waals surface area (Å²) >= 11 is 0. The molecule has 0 aliphatic carbocycles. The zero-order valence-electron chi connectivity index (χ0n) is 9.30. The smallest absolute Gasteiger partial charge is 0.240 e. The number of anilines is 1. The van der Waals surface area contributed by atoms with Gasteiger partial charge < -0.3 is 15.0 Å². The number of hydrogen-bond donors (Lipinski definition) is 1. The van der Waals surface area contributed by atoms with Crippen LogP contribution >= 0.6 is 0 Å². The summed E-state index contributed by atoms with van der Waals surface area (Å²) in [5, 5.41) is 12.7. The highest BCUT2D eigenvalue weighted by Gasteiger charge is 2.14. The highest BCUT2D eigenvalue weighted by atomic mass is 16.5. The fourth-order valence-electron chi connectivity index (χ4n) is 1.48. The molecule has 1 heterocycles. The van der Waals surface area contributed by atoms with Crippen LogP contribution in [0.5, 0.6) is 5.75 Å². The molecule has 0 saturated carbocycles. The molecule has 0 amide bonds. The number of nitrogen functional groups attached to an aromatic ring is 1. The summed E-state index contributed by atoms with van der Waals surface area (Å²) in [4.78, 5) is 0. The molecule has 0 aliphatic rings. The first-order valence-corrected chi connectivity index (χ1v) is 5.14. The van der Waals surface area contributed by atoms with Crippen LogP contribution in [0.4, 0.5) is 5.88 Å². The van der Waals surface area contributed by atoms with Crippen LogP contribution in [-0.4, -0.2) is 11.8 Å². The minimum atomic E-state index is 0.0383. The van der Waals surface area contributed by atoms with E-state index in [1.807, 2.05) is 37.3 Å². The molecule has 17 heavy (non-hydrogen) atoms. The summed E-state index contributed by atoms with van der Waals surface area (Å²) in [6.07, 6.45) is 0. The molecule has 2 aromatic rings. The van der Waals surface area contributed by atoms with Crippen molar-refractivity contribution in [3.63, 3.8) is 0 Å². The third kappa shape index (κ3) is 2.06. The van der Waals surface area contributed by atoms with Gasteiger partial charge in [-0.1, -0.05) is 5.16 Å². The molecule has 0 radical (unpaired) electrons. The van der Waals surface area contributed by atoms with Gasteiger partial charge in [0.25, 0.3) is 0 Å². The topological polar surface area (TPSA) is 85.1 Å². The predicted molar refractivity (Wildman–Crippen MR) is 62.2 cm³/mol. The Balaban J connectivity index is 2.37. The summed E-state index contributed by atoms with van der Waals surface area (Å²) in [6, 6.07) is 9.21. The van der Waals surface area contributed by atoms with Gasteiger partial charge in [0.05, 0.1) is 6.61 Å². The zero-order chi connectivity index (χ0) is 12.3. The predicted octanol–water partition coefficient (Wildman–Crippen LogP) is 2.19. The molecule has 0 aliphatic heterocycles. The van der Waals surface area contributed by atoms with Crippen molar-refractivity contribution in [1.82, 2.24) is 5.16 Å². The molecule has 86 valence electrons. The largest absolute Gasteiger partial charge is 0.494 e. The van der Waals surface area contributed by atoms with Gasteiger partial charge in [0.15, 0.2) is 0 Å². The number of nitrogens with zero attached hydrogens (tertiary/aromatic N) is 2. The number of nitriles is 1. The van der Waals surface area contributed by atoms with E-state index in [-0.39, 0.29) is 11.4 Å². The summed E-state index contributed by atoms with van der Waals surface area (Å²) in [5.74, 6) is 0.808. The molecular formula is C12H11N3O2. The number of nitrogens with two attached hydrogens (primary N) is 1. The van der Waals surface area contributed by atoms with Gasteiger partial charge in [-0.3, -0.25) is 0 Å². The molecule has 2 N–H and O–H groups in total. The third-order valence-electron chi connectivity index (χ3n) is 2.27. The molecule has 1 aromatic carbocycles. The fourth-order valence-corrected chi connectivity index (χ4v) is 1.48. The molecule has 2 rings (SSSR count). The first-order valence-electron chi connectivity index (χ1n) is 5.14. The molecule has 0 bridgehead atoms. The second-order valence-corrected chi connectivity index (χ2v) is 3.34. The van der Waals surface area contributed by atoms with E-state index in [1.165, 1.54) is 0 Å². The number of rotatable bonds is 3. The highest BCUT2D eigenvalue weighted by molar-refractivity contribution is 5.71. The number of ether oxygens (including phenoxy) is 1. The Morgan fingerprint density at radius 2 is 2.12 bits per heavy atom. The van der Waals surface area contributed by atoms with E-state index in [0.717, 1.165) is 11.3 Å². The summed E-state index contributed by atoms with van der Waals surface area (Å²) < 4.78 is 10.1. The average molecular weight is 229 g/mol. The van der Waals surface area contributed by atoms with Gasteiger partial charge >= 0.3 is 0 Å². The minimum Gasteiger partial charge on any atom is -0.494 e. The van der Waals surface area contributed by atoms with Crippen LogP contribution in [0, 0.1) is 11.3 Å². The lowest BCUT2D eigenvalue weighted by molar-refractivity contribution is 0.340. The van der Waals surface area contributed by atoms with E-state index in [9.17, 15) is 0 Å². The van der Waals surface area contributed by atoms with Crippen LogP contribution in [0.25, 0.3) is 11.3 Å². The number of aromatic nitrogens is 1. The Labute approximate surface area is 98.4 Å². The summed E-state index contributed by atoms with van der Waals surface area (Å²) in [5.41, 5.74) is 6.97. The van der Waals surface area contributed by atoms with Crippen molar-refractivity contribution < 1.29 is 9.26 Å². The molecular weight excluding hydrogens is 218 g/mol. The normalized spacial score (nSPS) is 9.88. The lowest BCUT2D eigenvalue weighted by Gasteiger charge is -2.02. The average Bonchev–Trinajstić information content (AvgIpc) is 2.72. The van der Waals surface area contributed by atoms with Crippen LogP contribution in [0.15, 0.2) is 28.8 Å². The van der Waals surface area contributed by atoms with Crippen LogP contribution in [-0.2, 0) is 0 Å². The van der Waals surface area contributed by atoms with E-state index in [0.29, 0.717) is 12.3 Å². The van der Waals surface area contributed by atoms with E-state index < -0.39 is 0 Å².